The molecule has 0 aliphatic rings. The van der Waals surface area contributed by atoms with E-state index in [-0.39, 0.29) is 17.7 Å². The van der Waals surface area contributed by atoms with Gasteiger partial charge in [0.2, 0.25) is 5.91 Å². The van der Waals surface area contributed by atoms with Gasteiger partial charge in [0.1, 0.15) is 6.04 Å². The topological polar surface area (TPSA) is 66.4 Å². The number of benzene rings is 1. The number of hydrogen-bond donors (Lipinski definition) is 2. The number of carboxylic acids is 1. The van der Waals surface area contributed by atoms with E-state index in [9.17, 15) is 14.7 Å². The molecule has 0 radical (unpaired) electrons. The quantitative estimate of drug-likeness (QED) is 0.774. The van der Waals surface area contributed by atoms with Crippen molar-refractivity contribution in [3.63, 3.8) is 0 Å². The van der Waals surface area contributed by atoms with Gasteiger partial charge in [0, 0.05) is 12.3 Å². The minimum Gasteiger partial charge on any atom is -0.480 e. The van der Waals surface area contributed by atoms with Gasteiger partial charge in [-0.05, 0) is 11.5 Å². The van der Waals surface area contributed by atoms with Gasteiger partial charge in [-0.15, -0.1) is 0 Å². The molecule has 0 saturated heterocycles. The highest BCUT2D eigenvalue weighted by Crippen LogP contribution is 2.19. The van der Waals surface area contributed by atoms with Crippen LogP contribution in [0.3, 0.4) is 0 Å². The maximum absolute atomic E-state index is 12.2. The van der Waals surface area contributed by atoms with Gasteiger partial charge in [-0.25, -0.2) is 4.79 Å². The summed E-state index contributed by atoms with van der Waals surface area (Å²) in [4.78, 5) is 23.6. The molecule has 4 heteroatoms. The zero-order chi connectivity index (χ0) is 15.8. The van der Waals surface area contributed by atoms with Gasteiger partial charge in [0.25, 0.3) is 0 Å². The van der Waals surface area contributed by atoms with E-state index in [1.807, 2.05) is 37.3 Å². The summed E-state index contributed by atoms with van der Waals surface area (Å²) in [5, 5.41) is 12.0. The normalized spacial score (nSPS) is 13.7. The van der Waals surface area contributed by atoms with Gasteiger partial charge >= 0.3 is 5.97 Å². The van der Waals surface area contributed by atoms with Gasteiger partial charge in [0.05, 0.1) is 0 Å². The molecule has 0 bridgehead atoms. The summed E-state index contributed by atoms with van der Waals surface area (Å²) in [6.07, 6.45) is 2.14. The van der Waals surface area contributed by atoms with Gasteiger partial charge in [-0.2, -0.15) is 0 Å². The summed E-state index contributed by atoms with van der Waals surface area (Å²) in [7, 11) is 0. The zero-order valence-electron chi connectivity index (χ0n) is 13.0. The Morgan fingerprint density at radius 3 is 2.19 bits per heavy atom. The van der Waals surface area contributed by atoms with Crippen molar-refractivity contribution in [1.29, 1.82) is 0 Å². The maximum atomic E-state index is 12.2. The smallest absolute Gasteiger partial charge is 0.326 e. The highest BCUT2D eigenvalue weighted by atomic mass is 16.4. The first-order chi connectivity index (χ1) is 9.99. The minimum absolute atomic E-state index is 0.169. The largest absolute Gasteiger partial charge is 0.480 e. The maximum Gasteiger partial charge on any atom is 0.326 e. The van der Waals surface area contributed by atoms with Gasteiger partial charge < -0.3 is 10.4 Å². The standard InChI is InChI=1S/C17H25NO3/c1-4-14(5-2)12(3)16(19)18-15(17(20)21)11-13-9-7-6-8-10-13/h6-10,12,14-15H,4-5,11H2,1-3H3,(H,18,19)(H,20,21)/t12?,15-/m0/s1. The van der Waals surface area contributed by atoms with Gasteiger partial charge in [-0.1, -0.05) is 63.9 Å². The van der Waals surface area contributed by atoms with E-state index >= 15 is 0 Å². The van der Waals surface area contributed by atoms with E-state index in [2.05, 4.69) is 19.2 Å². The van der Waals surface area contributed by atoms with Crippen molar-refractivity contribution in [2.75, 3.05) is 0 Å². The Kier molecular flexibility index (Phi) is 6.92. The summed E-state index contributed by atoms with van der Waals surface area (Å²) in [6, 6.07) is 8.47. The summed E-state index contributed by atoms with van der Waals surface area (Å²) < 4.78 is 0. The van der Waals surface area contributed by atoms with Crippen LogP contribution in [-0.2, 0) is 16.0 Å². The van der Waals surface area contributed by atoms with Crippen LogP contribution in [-0.4, -0.2) is 23.0 Å². The SMILES string of the molecule is CCC(CC)C(C)C(=O)N[C@@H](Cc1ccccc1)C(=O)O. The number of rotatable bonds is 8. The molecule has 2 N–H and O–H groups in total. The summed E-state index contributed by atoms with van der Waals surface area (Å²) in [5.74, 6) is -1.05. The van der Waals surface area contributed by atoms with Crippen LogP contribution < -0.4 is 5.32 Å². The number of aliphatic carboxylic acids is 1. The fourth-order valence-electron chi connectivity index (χ4n) is 2.56. The van der Waals surface area contributed by atoms with Crippen LogP contribution in [0.25, 0.3) is 0 Å². The van der Waals surface area contributed by atoms with Crippen molar-refractivity contribution in [1.82, 2.24) is 5.32 Å². The Morgan fingerprint density at radius 2 is 1.71 bits per heavy atom. The molecule has 2 atom stereocenters. The van der Waals surface area contributed by atoms with E-state index in [1.165, 1.54) is 0 Å². The molecule has 0 fully saturated rings. The molecule has 116 valence electrons. The van der Waals surface area contributed by atoms with Crippen LogP contribution in [0.15, 0.2) is 30.3 Å². The molecule has 0 aliphatic heterocycles. The second-order valence-corrected chi connectivity index (χ2v) is 5.45. The van der Waals surface area contributed by atoms with Crippen molar-refractivity contribution in [3.8, 4) is 0 Å². The predicted octanol–water partition coefficient (Wildman–Crippen LogP) is 2.87. The monoisotopic (exact) mass is 291 g/mol. The van der Waals surface area contributed by atoms with Gasteiger partial charge in [-0.3, -0.25) is 4.79 Å². The van der Waals surface area contributed by atoms with Crippen molar-refractivity contribution in [3.05, 3.63) is 35.9 Å². The van der Waals surface area contributed by atoms with Crippen LogP contribution in [0.5, 0.6) is 0 Å². The first kappa shape index (κ1) is 17.2. The van der Waals surface area contributed by atoms with Crippen molar-refractivity contribution in [2.45, 2.75) is 46.1 Å². The number of carbonyl (C=O) groups is 2. The molecule has 0 aromatic heterocycles. The second kappa shape index (κ2) is 8.45. The molecule has 4 nitrogen and oxygen atoms in total. The van der Waals surface area contributed by atoms with Crippen molar-refractivity contribution >= 4 is 11.9 Å². The number of carboxylic acid groups (broad SMARTS) is 1. The predicted molar refractivity (Wildman–Crippen MR) is 82.9 cm³/mol. The Labute approximate surface area is 126 Å². The highest BCUT2D eigenvalue weighted by Gasteiger charge is 2.26. The minimum atomic E-state index is -0.996. The summed E-state index contributed by atoms with van der Waals surface area (Å²) >= 11 is 0. The number of amides is 1. The Balaban J connectivity index is 2.70. The second-order valence-electron chi connectivity index (χ2n) is 5.45. The first-order valence-electron chi connectivity index (χ1n) is 7.56. The third kappa shape index (κ3) is 5.21. The molecule has 21 heavy (non-hydrogen) atoms. The Bertz CT molecular complexity index is 454. The average molecular weight is 291 g/mol. The molecule has 1 amide bonds. The fourth-order valence-corrected chi connectivity index (χ4v) is 2.56. The third-order valence-electron chi connectivity index (χ3n) is 4.07. The molecular formula is C17H25NO3. The lowest BCUT2D eigenvalue weighted by Crippen LogP contribution is -2.45. The van der Waals surface area contributed by atoms with Crippen LogP contribution in [0.1, 0.15) is 39.2 Å². The molecule has 1 rings (SSSR count). The molecule has 0 spiro atoms. The molecule has 1 unspecified atom stereocenters. The third-order valence-corrected chi connectivity index (χ3v) is 4.07. The molecule has 0 heterocycles. The Hall–Kier alpha value is -1.84. The van der Waals surface area contributed by atoms with Gasteiger partial charge in [0.15, 0.2) is 0 Å². The lowest BCUT2D eigenvalue weighted by atomic mass is 9.88. The van der Waals surface area contributed by atoms with E-state index < -0.39 is 12.0 Å². The lowest BCUT2D eigenvalue weighted by Gasteiger charge is -2.23. The first-order valence-corrected chi connectivity index (χ1v) is 7.56. The number of carbonyl (C=O) groups excluding carboxylic acids is 1. The van der Waals surface area contributed by atoms with Crippen LogP contribution in [0.4, 0.5) is 0 Å². The van der Waals surface area contributed by atoms with Crippen molar-refractivity contribution in [2.24, 2.45) is 11.8 Å². The molecular weight excluding hydrogens is 266 g/mol. The molecule has 1 aromatic carbocycles. The molecule has 0 aliphatic carbocycles. The van der Waals surface area contributed by atoms with Crippen LogP contribution in [0, 0.1) is 11.8 Å². The number of hydrogen-bond acceptors (Lipinski definition) is 2. The zero-order valence-corrected chi connectivity index (χ0v) is 13.0. The van der Waals surface area contributed by atoms with E-state index in [0.29, 0.717) is 6.42 Å². The summed E-state index contributed by atoms with van der Waals surface area (Å²) in [6.45, 7) is 5.97. The van der Waals surface area contributed by atoms with E-state index in [0.717, 1.165) is 18.4 Å². The lowest BCUT2D eigenvalue weighted by molar-refractivity contribution is -0.142. The molecule has 0 saturated carbocycles. The Morgan fingerprint density at radius 1 is 1.14 bits per heavy atom. The highest BCUT2D eigenvalue weighted by molar-refractivity contribution is 5.85. The van der Waals surface area contributed by atoms with E-state index in [1.54, 1.807) is 0 Å². The molecule has 1 aromatic rings. The van der Waals surface area contributed by atoms with E-state index in [4.69, 9.17) is 0 Å². The number of nitrogens with one attached hydrogen (secondary N) is 1. The average Bonchev–Trinajstić information content (AvgIpc) is 2.48. The van der Waals surface area contributed by atoms with Crippen LogP contribution in [0.2, 0.25) is 0 Å². The van der Waals surface area contributed by atoms with Crippen molar-refractivity contribution < 1.29 is 14.7 Å². The fraction of sp³-hybridized carbons (Fsp3) is 0.529. The summed E-state index contributed by atoms with van der Waals surface area (Å²) in [5.41, 5.74) is 0.903. The van der Waals surface area contributed by atoms with Crippen LogP contribution >= 0.6 is 0 Å².